The number of methoxy groups -OCH3 is 2. The number of carbonyl (C=O) groups is 5. The molecule has 3 saturated heterocycles. The molecular weight excluding hydrogens is 710 g/mol. The number of carbonyl (C=O) groups excluding carboxylic acids is 4. The van der Waals surface area contributed by atoms with Gasteiger partial charge in [-0.3, -0.25) is 48.8 Å². The van der Waals surface area contributed by atoms with E-state index in [1.807, 2.05) is 42.1 Å². The number of aryl methyl sites for hydroxylation is 1. The maximum atomic E-state index is 13.9. The first kappa shape index (κ1) is 37.4. The van der Waals surface area contributed by atoms with E-state index in [1.165, 1.54) is 22.8 Å². The fourth-order valence-electron chi connectivity index (χ4n) is 8.19. The van der Waals surface area contributed by atoms with Crippen molar-refractivity contribution in [2.75, 3.05) is 59.9 Å². The summed E-state index contributed by atoms with van der Waals surface area (Å²) >= 11 is 0. The molecule has 16 heteroatoms. The van der Waals surface area contributed by atoms with E-state index in [-0.39, 0.29) is 36.6 Å². The number of hydrogen-bond donors (Lipinski definition) is 2. The number of nitrogens with zero attached hydrogens (tertiary/aromatic N) is 6. The summed E-state index contributed by atoms with van der Waals surface area (Å²) in [5.41, 5.74) is 0.507. The Morgan fingerprint density at radius 2 is 1.73 bits per heavy atom. The zero-order valence-electron chi connectivity index (χ0n) is 31.5. The van der Waals surface area contributed by atoms with Crippen LogP contribution in [0.2, 0.25) is 0 Å². The molecule has 2 aromatic heterocycles. The van der Waals surface area contributed by atoms with Crippen molar-refractivity contribution in [2.45, 2.75) is 31.5 Å². The van der Waals surface area contributed by atoms with Crippen molar-refractivity contribution in [3.05, 3.63) is 70.3 Å². The van der Waals surface area contributed by atoms with Crippen LogP contribution in [0.15, 0.2) is 59.2 Å². The molecule has 1 aromatic carbocycles. The minimum atomic E-state index is -1.77. The van der Waals surface area contributed by atoms with Crippen LogP contribution < -0.4 is 25.2 Å². The molecule has 16 nitrogen and oxygen atoms in total. The van der Waals surface area contributed by atoms with Crippen molar-refractivity contribution in [3.8, 4) is 22.6 Å². The zero-order valence-corrected chi connectivity index (χ0v) is 31.5. The van der Waals surface area contributed by atoms with E-state index in [0.717, 1.165) is 27.0 Å². The van der Waals surface area contributed by atoms with Crippen molar-refractivity contribution in [1.29, 1.82) is 0 Å². The molecule has 7 rings (SSSR count). The van der Waals surface area contributed by atoms with Crippen molar-refractivity contribution in [2.24, 2.45) is 18.4 Å². The van der Waals surface area contributed by atoms with Gasteiger partial charge in [-0.05, 0) is 37.2 Å². The summed E-state index contributed by atoms with van der Waals surface area (Å²) in [5, 5.41) is 14.1. The quantitative estimate of drug-likeness (QED) is 0.266. The summed E-state index contributed by atoms with van der Waals surface area (Å²) in [7, 11) is 10.4. The number of hydrogen-bond acceptors (Lipinski definition) is 12. The molecular formula is C39H43N7O9. The van der Waals surface area contributed by atoms with E-state index in [0.29, 0.717) is 42.3 Å². The van der Waals surface area contributed by atoms with E-state index in [9.17, 15) is 33.9 Å². The maximum Gasteiger partial charge on any atom is 0.316 e. The molecule has 3 fully saturated rings. The number of piperidine rings is 1. The van der Waals surface area contributed by atoms with Crippen LogP contribution in [-0.4, -0.2) is 126 Å². The lowest BCUT2D eigenvalue weighted by Gasteiger charge is -2.47. The van der Waals surface area contributed by atoms with Crippen LogP contribution in [0.1, 0.15) is 18.4 Å². The lowest BCUT2D eigenvalue weighted by atomic mass is 9.69. The van der Waals surface area contributed by atoms with Crippen molar-refractivity contribution in [1.82, 2.24) is 29.6 Å². The van der Waals surface area contributed by atoms with Crippen LogP contribution in [-0.2, 0) is 37.6 Å². The maximum absolute atomic E-state index is 13.9. The standard InChI is InChI=1S/C39H43N7O9/c1-42(2)31-14-24-25(15-40-31)35(49)43(3)18-26(24)21-12-29(54-5)27(30(13-21)55-6)19-45-16-22(17-45)44(4)20-39(38(52)53)11-7-8-23-33(39)37(51)46(36(23)50)28-9-10-32(47)41-34(28)48/h7-8,11-15,18,22,28,33H,9-10,16-17,19-20H2,1-6H3,(H,52,53)(H,41,47,48). The molecule has 0 bridgehead atoms. The third-order valence-corrected chi connectivity index (χ3v) is 11.2. The first-order chi connectivity index (χ1) is 26.2. The smallest absolute Gasteiger partial charge is 0.316 e. The fraction of sp³-hybridized carbons (Fsp3) is 0.410. The second-order valence-electron chi connectivity index (χ2n) is 14.8. The van der Waals surface area contributed by atoms with Crippen LogP contribution >= 0.6 is 0 Å². The molecule has 3 unspecified atom stereocenters. The Morgan fingerprint density at radius 3 is 2.35 bits per heavy atom. The molecule has 0 saturated carbocycles. The van der Waals surface area contributed by atoms with Gasteiger partial charge in [0.2, 0.25) is 17.7 Å². The highest BCUT2D eigenvalue weighted by molar-refractivity contribution is 6.19. The van der Waals surface area contributed by atoms with E-state index in [4.69, 9.17) is 9.47 Å². The molecule has 3 aromatic rings. The fourth-order valence-corrected chi connectivity index (χ4v) is 8.19. The molecule has 1 aliphatic carbocycles. The molecule has 2 N–H and O–H groups in total. The molecule has 5 heterocycles. The number of amides is 4. The lowest BCUT2D eigenvalue weighted by molar-refractivity contribution is -0.157. The second kappa shape index (κ2) is 14.1. The van der Waals surface area contributed by atoms with E-state index >= 15 is 0 Å². The highest BCUT2D eigenvalue weighted by Crippen LogP contribution is 2.46. The first-order valence-corrected chi connectivity index (χ1v) is 17.9. The number of rotatable bonds is 11. The van der Waals surface area contributed by atoms with Gasteiger partial charge in [0, 0.05) is 88.7 Å². The number of fused-ring (bicyclic) bond motifs is 2. The lowest BCUT2D eigenvalue weighted by Crippen LogP contribution is -2.61. The number of likely N-dealkylation sites (N-methyl/N-ethyl adjacent to an activating group) is 1. The van der Waals surface area contributed by atoms with Crippen LogP contribution in [0.3, 0.4) is 0 Å². The van der Waals surface area contributed by atoms with Crippen LogP contribution in [0.4, 0.5) is 5.82 Å². The van der Waals surface area contributed by atoms with Crippen molar-refractivity contribution >= 4 is 46.2 Å². The molecule has 3 atom stereocenters. The first-order valence-electron chi connectivity index (χ1n) is 17.9. The number of imide groups is 2. The van der Waals surface area contributed by atoms with Gasteiger partial charge in [0.1, 0.15) is 28.8 Å². The Morgan fingerprint density at radius 1 is 1.04 bits per heavy atom. The number of carboxylic acids is 1. The summed E-state index contributed by atoms with van der Waals surface area (Å²) in [5.74, 6) is -3.41. The number of likely N-dealkylation sites (tertiary alicyclic amines) is 2. The minimum absolute atomic E-state index is 0.0198. The average Bonchev–Trinajstić information content (AvgIpc) is 3.39. The average molecular weight is 754 g/mol. The Kier molecular flexibility index (Phi) is 9.59. The highest BCUT2D eigenvalue weighted by atomic mass is 16.5. The Hall–Kier alpha value is -5.87. The van der Waals surface area contributed by atoms with Crippen molar-refractivity contribution in [3.63, 3.8) is 0 Å². The molecule has 55 heavy (non-hydrogen) atoms. The van der Waals surface area contributed by atoms with Gasteiger partial charge in [0.05, 0.1) is 31.1 Å². The molecule has 3 aliphatic heterocycles. The zero-order chi connectivity index (χ0) is 39.5. The summed E-state index contributed by atoms with van der Waals surface area (Å²) in [4.78, 5) is 89.1. The normalized spacial score (nSPS) is 22.8. The summed E-state index contributed by atoms with van der Waals surface area (Å²) in [6, 6.07) is 4.46. The number of benzene rings is 1. The Labute approximate surface area is 316 Å². The van der Waals surface area contributed by atoms with E-state index in [2.05, 4.69) is 15.2 Å². The van der Waals surface area contributed by atoms with Gasteiger partial charge in [-0.2, -0.15) is 0 Å². The summed E-state index contributed by atoms with van der Waals surface area (Å²) in [6.45, 7) is 1.53. The van der Waals surface area contributed by atoms with Crippen molar-refractivity contribution < 1.29 is 38.6 Å². The van der Waals surface area contributed by atoms with Crippen LogP contribution in [0, 0.1) is 11.3 Å². The number of nitrogens with one attached hydrogen (secondary N) is 1. The van der Waals surface area contributed by atoms with Gasteiger partial charge in [-0.15, -0.1) is 0 Å². The molecule has 0 radical (unpaired) electrons. The largest absolute Gasteiger partial charge is 0.496 e. The molecule has 4 amide bonds. The van der Waals surface area contributed by atoms with Gasteiger partial charge in [0.15, 0.2) is 0 Å². The topological polar surface area (TPSA) is 184 Å². The summed E-state index contributed by atoms with van der Waals surface area (Å²) in [6.07, 6.45) is 7.71. The number of allylic oxidation sites excluding steroid dienone is 2. The third kappa shape index (κ3) is 6.24. The SMILES string of the molecule is COc1cc(-c2cn(C)c(=O)c3cnc(N(C)C)cc23)cc(OC)c1CN1CC(N(C)CC2(C(=O)O)C=CC=C3C(=O)N(C4CCC(=O)NC4=O)C(=O)C32)C1. The monoisotopic (exact) mass is 753 g/mol. The summed E-state index contributed by atoms with van der Waals surface area (Å²) < 4.78 is 13.3. The van der Waals surface area contributed by atoms with Crippen LogP contribution in [0.5, 0.6) is 11.5 Å². The minimum Gasteiger partial charge on any atom is -0.496 e. The van der Waals surface area contributed by atoms with E-state index in [1.54, 1.807) is 40.7 Å². The number of carboxylic acid groups (broad SMARTS) is 1. The molecule has 4 aliphatic rings. The molecule has 0 spiro atoms. The number of ether oxygens (including phenoxy) is 2. The number of anilines is 1. The number of aliphatic carboxylic acids is 1. The van der Waals surface area contributed by atoms with Gasteiger partial charge in [-0.25, -0.2) is 4.98 Å². The van der Waals surface area contributed by atoms with Gasteiger partial charge in [0.25, 0.3) is 11.5 Å². The molecule has 288 valence electrons. The van der Waals surface area contributed by atoms with Gasteiger partial charge in [-0.1, -0.05) is 18.2 Å². The Balaban J connectivity index is 1.10. The Bertz CT molecular complexity index is 2250. The van der Waals surface area contributed by atoms with Gasteiger partial charge >= 0.3 is 5.97 Å². The second-order valence-corrected chi connectivity index (χ2v) is 14.8. The predicted molar refractivity (Wildman–Crippen MR) is 200 cm³/mol. The predicted octanol–water partition coefficient (Wildman–Crippen LogP) is 1.16. The number of pyridine rings is 2. The number of aromatic nitrogens is 2. The third-order valence-electron chi connectivity index (χ3n) is 11.2. The van der Waals surface area contributed by atoms with E-state index < -0.39 is 47.0 Å². The van der Waals surface area contributed by atoms with Gasteiger partial charge < -0.3 is 24.0 Å². The van der Waals surface area contributed by atoms with Crippen LogP contribution in [0.25, 0.3) is 21.9 Å². The highest BCUT2D eigenvalue weighted by Gasteiger charge is 2.61.